The molecule has 0 fully saturated rings. The number of halogens is 2. The Balaban J connectivity index is 1.72. The van der Waals surface area contributed by atoms with Crippen LogP contribution in [-0.2, 0) is 17.5 Å². The average molecular weight is 497 g/mol. The highest BCUT2D eigenvalue weighted by Gasteiger charge is 2.15. The third-order valence-corrected chi connectivity index (χ3v) is 6.99. The second-order valence-corrected chi connectivity index (χ2v) is 9.67. The number of thiophene rings is 1. The van der Waals surface area contributed by atoms with E-state index in [1.807, 2.05) is 18.4 Å². The van der Waals surface area contributed by atoms with Crippen molar-refractivity contribution in [3.8, 4) is 16.2 Å². The molecule has 0 bridgehead atoms. The van der Waals surface area contributed by atoms with Crippen LogP contribution in [0.5, 0.6) is 5.75 Å². The quantitative estimate of drug-likeness (QED) is 0.244. The maximum absolute atomic E-state index is 11.1. The highest BCUT2D eigenvalue weighted by atomic mass is 35.5. The molecule has 0 spiro atoms. The fourth-order valence-corrected chi connectivity index (χ4v) is 4.75. The first-order chi connectivity index (χ1) is 14.3. The Morgan fingerprint density at radius 3 is 2.70 bits per heavy atom. The molecule has 0 aliphatic rings. The van der Waals surface area contributed by atoms with Crippen molar-refractivity contribution in [1.82, 2.24) is 0 Å². The van der Waals surface area contributed by atoms with Crippen LogP contribution in [0.1, 0.15) is 18.1 Å². The summed E-state index contributed by atoms with van der Waals surface area (Å²) in [6, 6.07) is 11.8. The number of thiocarbonyl (C=S) groups is 1. The van der Waals surface area contributed by atoms with Gasteiger partial charge >= 0.3 is 0 Å². The summed E-state index contributed by atoms with van der Waals surface area (Å²) in [6.45, 7) is 2.10. The summed E-state index contributed by atoms with van der Waals surface area (Å²) in [5.41, 5.74) is 2.88. The van der Waals surface area contributed by atoms with Crippen molar-refractivity contribution in [3.05, 3.63) is 69.0 Å². The highest BCUT2D eigenvalue weighted by Crippen LogP contribution is 2.40. The molecule has 0 radical (unpaired) electrons. The van der Waals surface area contributed by atoms with Crippen molar-refractivity contribution in [2.75, 3.05) is 6.54 Å². The maximum Gasteiger partial charge on any atom is 0.143 e. The fraction of sp³-hybridized carbons (Fsp3) is 0.143. The van der Waals surface area contributed by atoms with Crippen molar-refractivity contribution in [2.45, 2.75) is 18.2 Å². The van der Waals surface area contributed by atoms with Gasteiger partial charge in [-0.1, -0.05) is 53.6 Å². The Morgan fingerprint density at radius 2 is 2.00 bits per heavy atom. The van der Waals surface area contributed by atoms with Crippen molar-refractivity contribution >= 4 is 68.4 Å². The van der Waals surface area contributed by atoms with Gasteiger partial charge in [0.25, 0.3) is 0 Å². The van der Waals surface area contributed by atoms with Crippen molar-refractivity contribution < 1.29 is 13.9 Å². The van der Waals surface area contributed by atoms with Gasteiger partial charge in [-0.3, -0.25) is 9.20 Å². The molecule has 9 heteroatoms. The van der Waals surface area contributed by atoms with E-state index in [4.69, 9.17) is 35.4 Å². The molecular weight excluding hydrogens is 481 g/mol. The maximum atomic E-state index is 11.1. The van der Waals surface area contributed by atoms with Crippen LogP contribution in [-0.4, -0.2) is 31.0 Å². The van der Waals surface area contributed by atoms with E-state index in [0.717, 1.165) is 11.1 Å². The van der Waals surface area contributed by atoms with Crippen LogP contribution in [0.25, 0.3) is 10.4 Å². The van der Waals surface area contributed by atoms with Gasteiger partial charge in [0.15, 0.2) is 0 Å². The van der Waals surface area contributed by atoms with Crippen LogP contribution in [0.2, 0.25) is 10.0 Å². The number of hydrogen-bond donors (Lipinski definition) is 1. The molecule has 3 aromatic rings. The lowest BCUT2D eigenvalue weighted by Gasteiger charge is -2.08. The molecule has 1 aromatic heterocycles. The summed E-state index contributed by atoms with van der Waals surface area (Å²) in [5.74, 6) is 0.135. The van der Waals surface area contributed by atoms with Gasteiger partial charge in [-0.15, -0.1) is 11.3 Å². The highest BCUT2D eigenvalue weighted by molar-refractivity contribution is 7.80. The summed E-state index contributed by atoms with van der Waals surface area (Å²) in [4.78, 5) is 6.08. The third kappa shape index (κ3) is 5.55. The largest absolute Gasteiger partial charge is 0.768 e. The fourth-order valence-electron chi connectivity index (χ4n) is 2.79. The van der Waals surface area contributed by atoms with E-state index >= 15 is 0 Å². The van der Waals surface area contributed by atoms with Crippen LogP contribution in [0.4, 0.5) is 0 Å². The van der Waals surface area contributed by atoms with E-state index in [2.05, 4.69) is 4.99 Å². The molecule has 0 aliphatic heterocycles. The number of nitrogens with zero attached hydrogens (tertiary/aromatic N) is 1. The molecule has 0 saturated carbocycles. The Hall–Kier alpha value is -1.61. The van der Waals surface area contributed by atoms with E-state index in [-0.39, 0.29) is 10.6 Å². The molecule has 1 unspecified atom stereocenters. The molecule has 0 aliphatic carbocycles. The van der Waals surface area contributed by atoms with Crippen molar-refractivity contribution in [2.24, 2.45) is 4.99 Å². The summed E-state index contributed by atoms with van der Waals surface area (Å²) < 4.78 is 22.2. The minimum absolute atomic E-state index is 0.135. The zero-order valence-electron chi connectivity index (χ0n) is 15.7. The topological polar surface area (TPSA) is 72.7 Å². The average Bonchev–Trinajstić information content (AvgIpc) is 3.10. The van der Waals surface area contributed by atoms with Crippen LogP contribution in [0.3, 0.4) is 0 Å². The molecule has 0 saturated heterocycles. The summed E-state index contributed by atoms with van der Waals surface area (Å²) in [5, 5.41) is 13.4. The minimum atomic E-state index is -2.27. The van der Waals surface area contributed by atoms with Gasteiger partial charge in [-0.25, -0.2) is 0 Å². The van der Waals surface area contributed by atoms with Gasteiger partial charge in [-0.05, 0) is 53.4 Å². The van der Waals surface area contributed by atoms with Gasteiger partial charge in [0.1, 0.15) is 5.75 Å². The third-order valence-electron chi connectivity index (χ3n) is 4.32. The molecule has 156 valence electrons. The van der Waals surface area contributed by atoms with E-state index in [1.165, 1.54) is 17.4 Å². The van der Waals surface area contributed by atoms with Gasteiger partial charge in [-0.2, -0.15) is 0 Å². The van der Waals surface area contributed by atoms with Gasteiger partial charge < -0.3 is 9.66 Å². The number of hydrogen-bond acceptors (Lipinski definition) is 6. The lowest BCUT2D eigenvalue weighted by molar-refractivity contribution is 0.478. The SMILES string of the molecule is CC(=NCC(=S)Cc1cccc(S(=O)[O-])c1)c1csc(-c2ccc(Cl)c(Cl)c2)c1O. The van der Waals surface area contributed by atoms with E-state index in [0.29, 0.717) is 44.0 Å². The van der Waals surface area contributed by atoms with Crippen molar-refractivity contribution in [3.63, 3.8) is 0 Å². The normalized spacial score (nSPS) is 12.7. The monoisotopic (exact) mass is 496 g/mol. The van der Waals surface area contributed by atoms with E-state index in [9.17, 15) is 13.9 Å². The predicted molar refractivity (Wildman–Crippen MR) is 128 cm³/mol. The lowest BCUT2D eigenvalue weighted by Crippen LogP contribution is -2.07. The number of aromatic hydroxyl groups is 1. The molecule has 1 atom stereocenters. The first-order valence-corrected chi connectivity index (χ1v) is 11.9. The molecule has 0 amide bonds. The van der Waals surface area contributed by atoms with Crippen molar-refractivity contribution in [1.29, 1.82) is 0 Å². The zero-order valence-corrected chi connectivity index (χ0v) is 19.7. The number of benzene rings is 2. The van der Waals surface area contributed by atoms with Crippen LogP contribution < -0.4 is 0 Å². The first-order valence-electron chi connectivity index (χ1n) is 8.73. The standard InChI is InChI=1S/C21H17Cl2NO3S3/c1-12(24-10-15(28)7-13-3-2-4-16(8-13)30(26)27)17-11-29-21(20(17)25)14-5-6-18(22)19(23)9-14/h2-6,8-9,11,25H,7,10H2,1H3,(H,26,27)/p-1. The molecule has 1 heterocycles. The molecule has 3 rings (SSSR count). The van der Waals surface area contributed by atoms with Gasteiger partial charge in [0, 0.05) is 32.8 Å². The summed E-state index contributed by atoms with van der Waals surface area (Å²) in [7, 11) is 0. The Bertz CT molecular complexity index is 1160. The molecule has 2 aromatic carbocycles. The Kier molecular flexibility index (Phi) is 7.79. The lowest BCUT2D eigenvalue weighted by atomic mass is 10.1. The molecule has 30 heavy (non-hydrogen) atoms. The second-order valence-electron chi connectivity index (χ2n) is 6.46. The van der Waals surface area contributed by atoms with Crippen LogP contribution in [0.15, 0.2) is 57.7 Å². The van der Waals surface area contributed by atoms with Gasteiger partial charge in [0.05, 0.1) is 21.5 Å². The summed E-state index contributed by atoms with van der Waals surface area (Å²) in [6.07, 6.45) is 0.446. The van der Waals surface area contributed by atoms with Gasteiger partial charge in [0.2, 0.25) is 0 Å². The second kappa shape index (κ2) is 10.1. The van der Waals surface area contributed by atoms with Crippen LogP contribution in [0, 0.1) is 0 Å². The number of aliphatic imine (C=N–C) groups is 1. The minimum Gasteiger partial charge on any atom is -0.768 e. The number of rotatable bonds is 7. The van der Waals surface area contributed by atoms with E-state index in [1.54, 1.807) is 30.3 Å². The zero-order chi connectivity index (χ0) is 21.8. The molecular formula is C21H16Cl2NO3S3-. The predicted octanol–water partition coefficient (Wildman–Crippen LogP) is 6.09. The van der Waals surface area contributed by atoms with Crippen LogP contribution >= 0.6 is 46.8 Å². The molecule has 4 nitrogen and oxygen atoms in total. The van der Waals surface area contributed by atoms with E-state index < -0.39 is 11.1 Å². The molecule has 1 N–H and O–H groups in total. The Morgan fingerprint density at radius 1 is 1.23 bits per heavy atom. The smallest absolute Gasteiger partial charge is 0.143 e. The Labute approximate surface area is 196 Å². The first kappa shape index (κ1) is 23.1. The summed E-state index contributed by atoms with van der Waals surface area (Å²) >= 11 is 16.6.